The van der Waals surface area contributed by atoms with Crippen LogP contribution in [0.3, 0.4) is 0 Å². The van der Waals surface area contributed by atoms with Gasteiger partial charge in [-0.15, -0.1) is 23.7 Å². The van der Waals surface area contributed by atoms with Gasteiger partial charge in [-0.25, -0.2) is 0 Å². The summed E-state index contributed by atoms with van der Waals surface area (Å²) >= 11 is 3.61. The van der Waals surface area contributed by atoms with E-state index in [1.165, 1.54) is 14.7 Å². The molecule has 17 heavy (non-hydrogen) atoms. The topological polar surface area (TPSA) is 26.0 Å². The van der Waals surface area contributed by atoms with Crippen LogP contribution in [0.4, 0.5) is 0 Å². The van der Waals surface area contributed by atoms with E-state index in [-0.39, 0.29) is 12.4 Å². The third-order valence-corrected chi connectivity index (χ3v) is 4.31. The zero-order valence-corrected chi connectivity index (χ0v) is 11.9. The molecule has 2 rings (SSSR count). The molecule has 1 heterocycles. The Hall–Kier alpha value is -0.480. The number of halogens is 1. The zero-order valence-electron chi connectivity index (χ0n) is 9.46. The van der Waals surface area contributed by atoms with E-state index < -0.39 is 0 Å². The average Bonchev–Trinajstić information content (AvgIpc) is 2.80. The first kappa shape index (κ1) is 14.6. The number of rotatable bonds is 5. The minimum Gasteiger partial charge on any atom is -0.330 e. The minimum atomic E-state index is 0. The standard InChI is InChI=1S/C13H15NS2.ClH/c14-8-2-5-11-4-1-6-12(10-11)16-13-7-3-9-15-13;/h1,3-4,6-7,9-10H,2,5,8,14H2;1H. The summed E-state index contributed by atoms with van der Waals surface area (Å²) in [6.45, 7) is 0.766. The van der Waals surface area contributed by atoms with Crippen molar-refractivity contribution in [3.05, 3.63) is 47.3 Å². The molecule has 0 aliphatic carbocycles. The molecule has 0 bridgehead atoms. The largest absolute Gasteiger partial charge is 0.330 e. The molecule has 0 radical (unpaired) electrons. The Labute approximate surface area is 117 Å². The van der Waals surface area contributed by atoms with Crippen LogP contribution in [0, 0.1) is 0 Å². The highest BCUT2D eigenvalue weighted by Gasteiger charge is 1.99. The Morgan fingerprint density at radius 3 is 2.76 bits per heavy atom. The van der Waals surface area contributed by atoms with E-state index in [9.17, 15) is 0 Å². The van der Waals surface area contributed by atoms with Gasteiger partial charge in [-0.05, 0) is 48.5 Å². The summed E-state index contributed by atoms with van der Waals surface area (Å²) in [5.74, 6) is 0. The van der Waals surface area contributed by atoms with E-state index >= 15 is 0 Å². The van der Waals surface area contributed by atoms with Crippen LogP contribution in [0.5, 0.6) is 0 Å². The van der Waals surface area contributed by atoms with Gasteiger partial charge in [-0.2, -0.15) is 0 Å². The van der Waals surface area contributed by atoms with Crippen LogP contribution in [0.1, 0.15) is 12.0 Å². The Balaban J connectivity index is 0.00000144. The Bertz CT molecular complexity index is 429. The number of hydrogen-bond acceptors (Lipinski definition) is 3. The predicted molar refractivity (Wildman–Crippen MR) is 79.5 cm³/mol. The predicted octanol–water partition coefficient (Wildman–Crippen LogP) is 4.21. The van der Waals surface area contributed by atoms with Gasteiger partial charge < -0.3 is 5.73 Å². The number of benzene rings is 1. The molecular formula is C13H16ClNS2. The maximum atomic E-state index is 5.52. The molecule has 2 aromatic rings. The summed E-state index contributed by atoms with van der Waals surface area (Å²) in [6.07, 6.45) is 2.14. The van der Waals surface area contributed by atoms with Gasteiger partial charge in [0.1, 0.15) is 0 Å². The fourth-order valence-corrected chi connectivity index (χ4v) is 3.34. The molecule has 1 aromatic carbocycles. The van der Waals surface area contributed by atoms with Gasteiger partial charge in [0.15, 0.2) is 0 Å². The molecule has 0 fully saturated rings. The lowest BCUT2D eigenvalue weighted by molar-refractivity contribution is 0.831. The van der Waals surface area contributed by atoms with Crippen LogP contribution in [-0.2, 0) is 6.42 Å². The second-order valence-corrected chi connectivity index (χ2v) is 5.90. The normalized spacial score (nSPS) is 9.94. The van der Waals surface area contributed by atoms with Crippen molar-refractivity contribution in [1.29, 1.82) is 0 Å². The average molecular weight is 286 g/mol. The van der Waals surface area contributed by atoms with Crippen LogP contribution in [0.15, 0.2) is 50.9 Å². The van der Waals surface area contributed by atoms with Crippen molar-refractivity contribution in [3.63, 3.8) is 0 Å². The maximum Gasteiger partial charge on any atom is 0.0646 e. The molecular weight excluding hydrogens is 270 g/mol. The molecule has 1 aromatic heterocycles. The van der Waals surface area contributed by atoms with E-state index in [1.54, 1.807) is 11.3 Å². The third-order valence-electron chi connectivity index (χ3n) is 2.28. The van der Waals surface area contributed by atoms with Crippen molar-refractivity contribution in [3.8, 4) is 0 Å². The van der Waals surface area contributed by atoms with Gasteiger partial charge in [-0.1, -0.05) is 30.0 Å². The maximum absolute atomic E-state index is 5.52. The molecule has 0 aliphatic heterocycles. The third kappa shape index (κ3) is 4.72. The molecule has 0 spiro atoms. The van der Waals surface area contributed by atoms with Crippen molar-refractivity contribution in [2.75, 3.05) is 6.54 Å². The molecule has 0 amide bonds. The van der Waals surface area contributed by atoms with E-state index in [0.29, 0.717) is 0 Å². The molecule has 0 saturated heterocycles. The van der Waals surface area contributed by atoms with Gasteiger partial charge in [-0.3, -0.25) is 0 Å². The summed E-state index contributed by atoms with van der Waals surface area (Å²) in [4.78, 5) is 1.32. The smallest absolute Gasteiger partial charge is 0.0646 e. The van der Waals surface area contributed by atoms with Crippen LogP contribution in [0.25, 0.3) is 0 Å². The van der Waals surface area contributed by atoms with E-state index in [4.69, 9.17) is 5.73 Å². The minimum absolute atomic E-state index is 0. The molecule has 0 atom stereocenters. The molecule has 4 heteroatoms. The Morgan fingerprint density at radius 2 is 2.06 bits per heavy atom. The molecule has 1 nitrogen and oxygen atoms in total. The lowest BCUT2D eigenvalue weighted by Crippen LogP contribution is -2.00. The summed E-state index contributed by atoms with van der Waals surface area (Å²) in [5.41, 5.74) is 6.90. The van der Waals surface area contributed by atoms with Crippen LogP contribution < -0.4 is 5.73 Å². The van der Waals surface area contributed by atoms with Crippen molar-refractivity contribution in [2.45, 2.75) is 21.9 Å². The van der Waals surface area contributed by atoms with Gasteiger partial charge in [0.2, 0.25) is 0 Å². The molecule has 0 saturated carbocycles. The van der Waals surface area contributed by atoms with Gasteiger partial charge in [0.25, 0.3) is 0 Å². The second kappa shape index (κ2) is 7.77. The van der Waals surface area contributed by atoms with Gasteiger partial charge >= 0.3 is 0 Å². The summed E-state index contributed by atoms with van der Waals surface area (Å²) in [6, 6.07) is 13.0. The number of aryl methyl sites for hydroxylation is 1. The fourth-order valence-electron chi connectivity index (χ4n) is 1.51. The lowest BCUT2D eigenvalue weighted by Gasteiger charge is -2.03. The van der Waals surface area contributed by atoms with Crippen molar-refractivity contribution in [1.82, 2.24) is 0 Å². The molecule has 2 N–H and O–H groups in total. The van der Waals surface area contributed by atoms with Crippen LogP contribution in [-0.4, -0.2) is 6.54 Å². The lowest BCUT2D eigenvalue weighted by atomic mass is 10.1. The van der Waals surface area contributed by atoms with Crippen molar-refractivity contribution < 1.29 is 0 Å². The first-order valence-electron chi connectivity index (χ1n) is 5.39. The van der Waals surface area contributed by atoms with Crippen LogP contribution in [0.2, 0.25) is 0 Å². The quantitative estimate of drug-likeness (QED) is 0.890. The Kier molecular flexibility index (Phi) is 6.66. The van der Waals surface area contributed by atoms with Crippen LogP contribution >= 0.6 is 35.5 Å². The van der Waals surface area contributed by atoms with Gasteiger partial charge in [0.05, 0.1) is 4.21 Å². The summed E-state index contributed by atoms with van der Waals surface area (Å²) in [7, 11) is 0. The zero-order chi connectivity index (χ0) is 11.2. The Morgan fingerprint density at radius 1 is 1.18 bits per heavy atom. The number of thiophene rings is 1. The highest BCUT2D eigenvalue weighted by molar-refractivity contribution is 8.01. The monoisotopic (exact) mass is 285 g/mol. The molecule has 0 unspecified atom stereocenters. The second-order valence-electron chi connectivity index (χ2n) is 3.57. The summed E-state index contributed by atoms with van der Waals surface area (Å²) in [5, 5.41) is 2.11. The SMILES string of the molecule is Cl.NCCCc1cccc(Sc2cccs2)c1. The van der Waals surface area contributed by atoms with Crippen molar-refractivity contribution >= 4 is 35.5 Å². The highest BCUT2D eigenvalue weighted by atomic mass is 35.5. The van der Waals surface area contributed by atoms with E-state index in [1.807, 2.05) is 11.8 Å². The van der Waals surface area contributed by atoms with E-state index in [0.717, 1.165) is 19.4 Å². The molecule has 0 aliphatic rings. The summed E-state index contributed by atoms with van der Waals surface area (Å²) < 4.78 is 1.34. The van der Waals surface area contributed by atoms with E-state index in [2.05, 4.69) is 41.8 Å². The first-order valence-corrected chi connectivity index (χ1v) is 7.08. The first-order chi connectivity index (χ1) is 7.88. The highest BCUT2D eigenvalue weighted by Crippen LogP contribution is 2.31. The van der Waals surface area contributed by atoms with Crippen molar-refractivity contribution in [2.24, 2.45) is 5.73 Å². The fraction of sp³-hybridized carbons (Fsp3) is 0.231. The van der Waals surface area contributed by atoms with Gasteiger partial charge in [0, 0.05) is 4.90 Å². The number of hydrogen-bond donors (Lipinski definition) is 1. The molecule has 92 valence electrons. The number of nitrogens with two attached hydrogens (primary N) is 1.